The Morgan fingerprint density at radius 1 is 1.38 bits per heavy atom. The second-order valence-electron chi connectivity index (χ2n) is 4.59. The third-order valence-corrected chi connectivity index (χ3v) is 3.78. The van der Waals surface area contributed by atoms with Crippen LogP contribution in [0.15, 0.2) is 18.2 Å². The first-order chi connectivity index (χ1) is 7.84. The summed E-state index contributed by atoms with van der Waals surface area (Å²) in [6, 6.07) is 6.67. The van der Waals surface area contributed by atoms with Crippen LogP contribution in [0.2, 0.25) is 5.02 Å². The molecule has 2 atom stereocenters. The van der Waals surface area contributed by atoms with Crippen molar-refractivity contribution in [3.8, 4) is 0 Å². The molecule has 1 aromatic carbocycles. The maximum atomic E-state index is 6.03. The molecule has 1 N–H and O–H groups in total. The molecule has 0 spiro atoms. The number of nitrogens with one attached hydrogen (secondary N) is 1. The molecule has 0 bridgehead atoms. The van der Waals surface area contributed by atoms with Crippen LogP contribution in [0.5, 0.6) is 0 Å². The van der Waals surface area contributed by atoms with Crippen molar-refractivity contribution >= 4 is 11.6 Å². The summed E-state index contributed by atoms with van der Waals surface area (Å²) < 4.78 is 5.92. The van der Waals surface area contributed by atoms with Crippen molar-refractivity contribution < 1.29 is 4.74 Å². The first-order valence-electron chi connectivity index (χ1n) is 5.98. The molecule has 0 amide bonds. The summed E-state index contributed by atoms with van der Waals surface area (Å²) in [6.07, 6.45) is 3.68. The summed E-state index contributed by atoms with van der Waals surface area (Å²) in [7, 11) is 0. The lowest BCUT2D eigenvalue weighted by Gasteiger charge is -2.30. The summed E-state index contributed by atoms with van der Waals surface area (Å²) in [4.78, 5) is 0. The van der Waals surface area contributed by atoms with Gasteiger partial charge in [-0.25, -0.2) is 0 Å². The van der Waals surface area contributed by atoms with Crippen LogP contribution >= 0.6 is 11.6 Å². The Balaban J connectivity index is 1.93. The minimum absolute atomic E-state index is 0.225. The predicted molar refractivity (Wildman–Crippen MR) is 64.9 cm³/mol. The summed E-state index contributed by atoms with van der Waals surface area (Å²) in [6.45, 7) is 1.93. The lowest BCUT2D eigenvalue weighted by Crippen LogP contribution is -2.33. The number of halogens is 1. The summed E-state index contributed by atoms with van der Waals surface area (Å²) in [5.41, 5.74) is 2.69. The fourth-order valence-electron chi connectivity index (χ4n) is 2.76. The number of hydrogen-bond acceptors (Lipinski definition) is 2. The molecule has 2 nitrogen and oxygen atoms in total. The van der Waals surface area contributed by atoms with E-state index in [9.17, 15) is 0 Å². The zero-order chi connectivity index (χ0) is 11.0. The molecular formula is C13H16ClNO. The van der Waals surface area contributed by atoms with E-state index in [2.05, 4.69) is 17.4 Å². The molecule has 2 aliphatic rings. The standard InChI is InChI=1S/C13H16ClNO/c14-10-3-4-11-9(8-10)5-7-16-13(11)12-2-1-6-15-12/h3-4,8,12-13,15H,1-2,5-7H2/t12-,13+/m1/s1. The summed E-state index contributed by atoms with van der Waals surface area (Å²) >= 11 is 6.03. The molecule has 2 aliphatic heterocycles. The number of hydrogen-bond donors (Lipinski definition) is 1. The van der Waals surface area contributed by atoms with Crippen LogP contribution in [-0.4, -0.2) is 19.2 Å². The Bertz CT molecular complexity index is 388. The quantitative estimate of drug-likeness (QED) is 0.811. The van der Waals surface area contributed by atoms with E-state index in [4.69, 9.17) is 16.3 Å². The van der Waals surface area contributed by atoms with Crippen LogP contribution in [0.3, 0.4) is 0 Å². The Morgan fingerprint density at radius 3 is 3.12 bits per heavy atom. The average molecular weight is 238 g/mol. The van der Waals surface area contributed by atoms with Crippen molar-refractivity contribution in [1.82, 2.24) is 5.32 Å². The van der Waals surface area contributed by atoms with Gasteiger partial charge in [0.15, 0.2) is 0 Å². The number of benzene rings is 1. The van der Waals surface area contributed by atoms with Gasteiger partial charge in [0.25, 0.3) is 0 Å². The fraction of sp³-hybridized carbons (Fsp3) is 0.538. The normalized spacial score (nSPS) is 29.1. The molecule has 3 rings (SSSR count). The number of fused-ring (bicyclic) bond motifs is 1. The lowest BCUT2D eigenvalue weighted by molar-refractivity contribution is 0.0199. The molecule has 0 unspecified atom stereocenters. The van der Waals surface area contributed by atoms with Gasteiger partial charge in [-0.15, -0.1) is 0 Å². The van der Waals surface area contributed by atoms with E-state index in [-0.39, 0.29) is 6.10 Å². The van der Waals surface area contributed by atoms with Crippen LogP contribution in [0.25, 0.3) is 0 Å². The molecular weight excluding hydrogens is 222 g/mol. The highest BCUT2D eigenvalue weighted by molar-refractivity contribution is 6.30. The van der Waals surface area contributed by atoms with Gasteiger partial charge in [0.1, 0.15) is 0 Å². The molecule has 3 heteroatoms. The fourth-order valence-corrected chi connectivity index (χ4v) is 2.95. The van der Waals surface area contributed by atoms with Crippen LogP contribution in [0, 0.1) is 0 Å². The van der Waals surface area contributed by atoms with Crippen molar-refractivity contribution in [2.24, 2.45) is 0 Å². The third kappa shape index (κ3) is 1.86. The molecule has 0 aliphatic carbocycles. The second-order valence-corrected chi connectivity index (χ2v) is 5.02. The molecule has 16 heavy (non-hydrogen) atoms. The van der Waals surface area contributed by atoms with E-state index >= 15 is 0 Å². The van der Waals surface area contributed by atoms with Gasteiger partial charge in [-0.3, -0.25) is 0 Å². The highest BCUT2D eigenvalue weighted by Crippen LogP contribution is 2.33. The van der Waals surface area contributed by atoms with E-state index < -0.39 is 0 Å². The van der Waals surface area contributed by atoms with Crippen LogP contribution in [0.1, 0.15) is 30.1 Å². The Kier molecular flexibility index (Phi) is 2.88. The molecule has 1 fully saturated rings. The van der Waals surface area contributed by atoms with Gasteiger partial charge in [0, 0.05) is 11.1 Å². The Morgan fingerprint density at radius 2 is 2.31 bits per heavy atom. The minimum Gasteiger partial charge on any atom is -0.372 e. The summed E-state index contributed by atoms with van der Waals surface area (Å²) in [5.74, 6) is 0. The van der Waals surface area contributed by atoms with E-state index in [1.807, 2.05) is 6.07 Å². The van der Waals surface area contributed by atoms with Crippen molar-refractivity contribution in [1.29, 1.82) is 0 Å². The second kappa shape index (κ2) is 4.36. The average Bonchev–Trinajstić information content (AvgIpc) is 2.81. The molecule has 86 valence electrons. The van der Waals surface area contributed by atoms with E-state index in [0.717, 1.165) is 24.6 Å². The van der Waals surface area contributed by atoms with Crippen molar-refractivity contribution in [3.63, 3.8) is 0 Å². The highest BCUT2D eigenvalue weighted by Gasteiger charge is 2.30. The van der Waals surface area contributed by atoms with Gasteiger partial charge in [-0.2, -0.15) is 0 Å². The van der Waals surface area contributed by atoms with E-state index in [0.29, 0.717) is 6.04 Å². The van der Waals surface area contributed by atoms with Gasteiger partial charge in [0.2, 0.25) is 0 Å². The van der Waals surface area contributed by atoms with E-state index in [1.165, 1.54) is 24.0 Å². The molecule has 1 saturated heterocycles. The summed E-state index contributed by atoms with van der Waals surface area (Å²) in [5, 5.41) is 4.36. The number of rotatable bonds is 1. The van der Waals surface area contributed by atoms with Crippen molar-refractivity contribution in [2.45, 2.75) is 31.4 Å². The number of ether oxygens (including phenoxy) is 1. The van der Waals surface area contributed by atoms with Gasteiger partial charge < -0.3 is 10.1 Å². The van der Waals surface area contributed by atoms with Crippen LogP contribution in [0.4, 0.5) is 0 Å². The molecule has 0 aromatic heterocycles. The Labute approximate surface area is 101 Å². The maximum absolute atomic E-state index is 6.03. The maximum Gasteiger partial charge on any atom is 0.0980 e. The monoisotopic (exact) mass is 237 g/mol. The van der Waals surface area contributed by atoms with Crippen LogP contribution < -0.4 is 5.32 Å². The first kappa shape index (κ1) is 10.6. The topological polar surface area (TPSA) is 21.3 Å². The largest absolute Gasteiger partial charge is 0.372 e. The highest BCUT2D eigenvalue weighted by atomic mass is 35.5. The smallest absolute Gasteiger partial charge is 0.0980 e. The van der Waals surface area contributed by atoms with Gasteiger partial charge in [-0.1, -0.05) is 17.7 Å². The minimum atomic E-state index is 0.225. The zero-order valence-electron chi connectivity index (χ0n) is 9.21. The van der Waals surface area contributed by atoms with Gasteiger partial charge in [0.05, 0.1) is 12.7 Å². The SMILES string of the molecule is Clc1ccc2c(c1)CCO[C@@H]2[C@H]1CCCN1. The van der Waals surface area contributed by atoms with Crippen molar-refractivity contribution in [2.75, 3.05) is 13.2 Å². The first-order valence-corrected chi connectivity index (χ1v) is 6.36. The van der Waals surface area contributed by atoms with E-state index in [1.54, 1.807) is 0 Å². The predicted octanol–water partition coefficient (Wildman–Crippen LogP) is 2.71. The molecule has 1 aromatic rings. The molecule has 2 heterocycles. The molecule has 0 saturated carbocycles. The Hall–Kier alpha value is -0.570. The molecule has 0 radical (unpaired) electrons. The van der Waals surface area contributed by atoms with Gasteiger partial charge in [-0.05, 0) is 49.1 Å². The lowest BCUT2D eigenvalue weighted by atomic mass is 9.92. The van der Waals surface area contributed by atoms with Crippen molar-refractivity contribution in [3.05, 3.63) is 34.3 Å². The third-order valence-electron chi connectivity index (χ3n) is 3.54. The zero-order valence-corrected chi connectivity index (χ0v) is 9.96. The van der Waals surface area contributed by atoms with Crippen LogP contribution in [-0.2, 0) is 11.2 Å². The van der Waals surface area contributed by atoms with Gasteiger partial charge >= 0.3 is 0 Å².